The lowest BCUT2D eigenvalue weighted by atomic mass is 9.91. The minimum Gasteiger partial charge on any atom is -0.465 e. The van der Waals surface area contributed by atoms with Gasteiger partial charge in [-0.3, -0.25) is 9.59 Å². The van der Waals surface area contributed by atoms with Gasteiger partial charge in [0.15, 0.2) is 0 Å². The summed E-state index contributed by atoms with van der Waals surface area (Å²) in [6.45, 7) is -0.369. The highest BCUT2D eigenvalue weighted by Gasteiger charge is 2.54. The van der Waals surface area contributed by atoms with Crippen molar-refractivity contribution < 1.29 is 32.7 Å². The minimum absolute atomic E-state index is 0.0716. The van der Waals surface area contributed by atoms with Crippen molar-refractivity contribution >= 4 is 17.9 Å². The Morgan fingerprint density at radius 3 is 2.42 bits per heavy atom. The number of hydrogen-bond acceptors (Lipinski definition) is 3. The molecule has 2 saturated heterocycles. The molecule has 10 heteroatoms. The summed E-state index contributed by atoms with van der Waals surface area (Å²) >= 11 is 0. The molecule has 2 aliphatic rings. The molecule has 2 fully saturated rings. The largest absolute Gasteiger partial charge is 0.465 e. The maximum absolute atomic E-state index is 12.7. The molecule has 0 aromatic heterocycles. The van der Waals surface area contributed by atoms with E-state index in [-0.39, 0.29) is 32.6 Å². The molecule has 7 nitrogen and oxygen atoms in total. The Balaban J connectivity index is 1.87. The molecule has 3 rings (SSSR count). The minimum atomic E-state index is -4.46. The molecule has 26 heavy (non-hydrogen) atoms. The second kappa shape index (κ2) is 6.19. The number of rotatable bonds is 2. The van der Waals surface area contributed by atoms with E-state index in [2.05, 4.69) is 5.32 Å². The Hall–Kier alpha value is -2.78. The second-order valence-corrected chi connectivity index (χ2v) is 6.34. The smallest absolute Gasteiger partial charge is 0.416 e. The maximum Gasteiger partial charge on any atom is 0.416 e. The fourth-order valence-electron chi connectivity index (χ4n) is 3.36. The standard InChI is InChI=1S/C16H16F3N3O4/c17-16(18,19)11-3-1-10(2-4-11)8-22-12(23)7-20-13(24)15(22)5-6-21(9-15)14(25)26/h1-4H,5-9H2,(H,20,24)(H,25,26). The first kappa shape index (κ1) is 18.0. The summed E-state index contributed by atoms with van der Waals surface area (Å²) in [6, 6.07) is 4.32. The number of amides is 3. The summed E-state index contributed by atoms with van der Waals surface area (Å²) in [5.41, 5.74) is -1.72. The molecule has 2 heterocycles. The number of benzene rings is 1. The van der Waals surface area contributed by atoms with E-state index in [1.807, 2.05) is 0 Å². The Morgan fingerprint density at radius 2 is 1.88 bits per heavy atom. The van der Waals surface area contributed by atoms with E-state index in [4.69, 9.17) is 5.11 Å². The molecule has 3 amide bonds. The van der Waals surface area contributed by atoms with Gasteiger partial charge in [-0.25, -0.2) is 4.79 Å². The molecule has 2 aliphatic heterocycles. The van der Waals surface area contributed by atoms with Gasteiger partial charge in [0.2, 0.25) is 11.8 Å². The number of alkyl halides is 3. The average molecular weight is 371 g/mol. The van der Waals surface area contributed by atoms with Crippen LogP contribution in [0.2, 0.25) is 0 Å². The monoisotopic (exact) mass is 371 g/mol. The van der Waals surface area contributed by atoms with Crippen molar-refractivity contribution in [3.05, 3.63) is 35.4 Å². The van der Waals surface area contributed by atoms with Crippen molar-refractivity contribution in [2.45, 2.75) is 24.7 Å². The van der Waals surface area contributed by atoms with Gasteiger partial charge in [0.1, 0.15) is 5.54 Å². The molecule has 2 N–H and O–H groups in total. The summed E-state index contributed by atoms with van der Waals surface area (Å²) in [7, 11) is 0. The van der Waals surface area contributed by atoms with Crippen LogP contribution in [-0.4, -0.2) is 58.0 Å². The zero-order valence-corrected chi connectivity index (χ0v) is 13.5. The van der Waals surface area contributed by atoms with Gasteiger partial charge in [-0.05, 0) is 24.1 Å². The van der Waals surface area contributed by atoms with Crippen LogP contribution in [0.4, 0.5) is 18.0 Å². The number of carbonyl (C=O) groups excluding carboxylic acids is 2. The van der Waals surface area contributed by atoms with Gasteiger partial charge in [-0.2, -0.15) is 13.2 Å². The number of nitrogens with one attached hydrogen (secondary N) is 1. The van der Waals surface area contributed by atoms with Crippen LogP contribution in [0.25, 0.3) is 0 Å². The van der Waals surface area contributed by atoms with Crippen LogP contribution in [0.5, 0.6) is 0 Å². The number of likely N-dealkylation sites (tertiary alicyclic amines) is 1. The third kappa shape index (κ3) is 3.06. The lowest BCUT2D eigenvalue weighted by molar-refractivity contribution is -0.153. The van der Waals surface area contributed by atoms with Crippen molar-refractivity contribution in [2.75, 3.05) is 19.6 Å². The van der Waals surface area contributed by atoms with Crippen LogP contribution in [0.1, 0.15) is 17.5 Å². The molecule has 1 spiro atoms. The van der Waals surface area contributed by atoms with Crippen LogP contribution < -0.4 is 5.32 Å². The van der Waals surface area contributed by atoms with E-state index in [9.17, 15) is 27.6 Å². The molecule has 0 saturated carbocycles. The van der Waals surface area contributed by atoms with Crippen LogP contribution in [-0.2, 0) is 22.3 Å². The van der Waals surface area contributed by atoms with Crippen LogP contribution in [0.3, 0.4) is 0 Å². The number of piperazine rings is 1. The number of hydrogen-bond donors (Lipinski definition) is 2. The van der Waals surface area contributed by atoms with Gasteiger partial charge in [0.05, 0.1) is 18.7 Å². The highest BCUT2D eigenvalue weighted by atomic mass is 19.4. The Kier molecular flexibility index (Phi) is 4.29. The van der Waals surface area contributed by atoms with Crippen LogP contribution in [0.15, 0.2) is 24.3 Å². The first-order chi connectivity index (χ1) is 12.1. The lowest BCUT2D eigenvalue weighted by Gasteiger charge is -2.43. The third-order valence-corrected chi connectivity index (χ3v) is 4.78. The fraction of sp³-hybridized carbons (Fsp3) is 0.438. The highest BCUT2D eigenvalue weighted by Crippen LogP contribution is 2.33. The molecule has 1 aromatic carbocycles. The van der Waals surface area contributed by atoms with E-state index >= 15 is 0 Å². The van der Waals surface area contributed by atoms with Crippen LogP contribution in [0, 0.1) is 0 Å². The van der Waals surface area contributed by atoms with Gasteiger partial charge in [-0.15, -0.1) is 0 Å². The number of halogens is 3. The molecule has 0 bridgehead atoms. The Morgan fingerprint density at radius 1 is 1.23 bits per heavy atom. The second-order valence-electron chi connectivity index (χ2n) is 6.34. The van der Waals surface area contributed by atoms with Gasteiger partial charge >= 0.3 is 12.3 Å². The molecular formula is C16H16F3N3O4. The lowest BCUT2D eigenvalue weighted by Crippen LogP contribution is -2.68. The molecule has 1 unspecified atom stereocenters. The van der Waals surface area contributed by atoms with E-state index in [0.29, 0.717) is 5.56 Å². The molecule has 140 valence electrons. The quantitative estimate of drug-likeness (QED) is 0.820. The Labute approximate surface area is 146 Å². The van der Waals surface area contributed by atoms with Gasteiger partial charge in [0.25, 0.3) is 0 Å². The van der Waals surface area contributed by atoms with Gasteiger partial charge in [0, 0.05) is 13.1 Å². The predicted octanol–water partition coefficient (Wildman–Crippen LogP) is 1.29. The molecule has 1 aromatic rings. The summed E-state index contributed by atoms with van der Waals surface area (Å²) in [5.74, 6) is -0.857. The normalized spacial score (nSPS) is 23.5. The van der Waals surface area contributed by atoms with Crippen LogP contribution >= 0.6 is 0 Å². The van der Waals surface area contributed by atoms with Crippen molar-refractivity contribution in [3.8, 4) is 0 Å². The average Bonchev–Trinajstić information content (AvgIpc) is 3.02. The maximum atomic E-state index is 12.7. The summed E-state index contributed by atoms with van der Waals surface area (Å²) < 4.78 is 38.0. The summed E-state index contributed by atoms with van der Waals surface area (Å²) in [6.07, 6.45) is -5.52. The van der Waals surface area contributed by atoms with Gasteiger partial charge < -0.3 is 20.2 Å². The van der Waals surface area contributed by atoms with Crippen molar-refractivity contribution in [3.63, 3.8) is 0 Å². The molecular weight excluding hydrogens is 355 g/mol. The number of carbonyl (C=O) groups is 3. The van der Waals surface area contributed by atoms with E-state index in [1.165, 1.54) is 17.0 Å². The summed E-state index contributed by atoms with van der Waals surface area (Å²) in [4.78, 5) is 38.3. The predicted molar refractivity (Wildman–Crippen MR) is 81.9 cm³/mol. The number of nitrogens with zero attached hydrogens (tertiary/aromatic N) is 2. The first-order valence-electron chi connectivity index (χ1n) is 7.86. The van der Waals surface area contributed by atoms with Crippen molar-refractivity contribution in [1.29, 1.82) is 0 Å². The SMILES string of the molecule is O=C(O)N1CCC2(C1)C(=O)NCC(=O)N2Cc1ccc(C(F)(F)F)cc1. The molecule has 1 atom stereocenters. The highest BCUT2D eigenvalue weighted by molar-refractivity contribution is 5.98. The topological polar surface area (TPSA) is 90.0 Å². The zero-order chi connectivity index (χ0) is 19.1. The Bertz CT molecular complexity index is 750. The molecule has 0 radical (unpaired) electrons. The van der Waals surface area contributed by atoms with Gasteiger partial charge in [-0.1, -0.05) is 12.1 Å². The summed E-state index contributed by atoms with van der Waals surface area (Å²) in [5, 5.41) is 11.6. The van der Waals surface area contributed by atoms with E-state index in [1.54, 1.807) is 0 Å². The third-order valence-electron chi connectivity index (χ3n) is 4.78. The number of carboxylic acid groups (broad SMARTS) is 1. The molecule has 0 aliphatic carbocycles. The van der Waals surface area contributed by atoms with Crippen molar-refractivity contribution in [1.82, 2.24) is 15.1 Å². The first-order valence-corrected chi connectivity index (χ1v) is 7.86. The van der Waals surface area contributed by atoms with E-state index in [0.717, 1.165) is 17.0 Å². The fourth-order valence-corrected chi connectivity index (χ4v) is 3.36. The van der Waals surface area contributed by atoms with E-state index < -0.39 is 35.2 Å². The van der Waals surface area contributed by atoms with Crippen molar-refractivity contribution in [2.24, 2.45) is 0 Å². The zero-order valence-electron chi connectivity index (χ0n) is 13.5.